The number of anilines is 1. The lowest BCUT2D eigenvalue weighted by molar-refractivity contribution is 0.601. The van der Waals surface area contributed by atoms with Crippen LogP contribution in [0.5, 0.6) is 0 Å². The quantitative estimate of drug-likeness (QED) is 0.940. The molecule has 1 aromatic carbocycles. The van der Waals surface area contributed by atoms with Crippen LogP contribution in [-0.4, -0.2) is 18.6 Å². The molecule has 1 N–H and O–H groups in total. The summed E-state index contributed by atoms with van der Waals surface area (Å²) < 4.78 is 26.6. The number of hydrogen-bond donors (Lipinski definition) is 1. The Hall–Kier alpha value is -1.18. The van der Waals surface area contributed by atoms with Gasteiger partial charge in [0.1, 0.15) is 5.01 Å². The third kappa shape index (κ3) is 3.43. The van der Waals surface area contributed by atoms with Gasteiger partial charge in [0.25, 0.3) is 10.0 Å². The SMILES string of the molecule is CC(C)c1nnc(NS(=O)(=O)c2ccc(Cl)cc2)s1. The summed E-state index contributed by atoms with van der Waals surface area (Å²) in [7, 11) is -3.64. The molecule has 0 atom stereocenters. The van der Waals surface area contributed by atoms with Crippen LogP contribution in [0.1, 0.15) is 24.8 Å². The second kappa shape index (κ2) is 5.44. The van der Waals surface area contributed by atoms with Gasteiger partial charge >= 0.3 is 0 Å². The number of nitrogens with zero attached hydrogens (tertiary/aromatic N) is 2. The molecule has 5 nitrogen and oxygen atoms in total. The number of benzene rings is 1. The molecule has 0 unspecified atom stereocenters. The molecule has 0 bridgehead atoms. The summed E-state index contributed by atoms with van der Waals surface area (Å²) in [5.74, 6) is 0.214. The lowest BCUT2D eigenvalue weighted by Crippen LogP contribution is -2.12. The zero-order valence-electron chi connectivity index (χ0n) is 10.3. The zero-order valence-corrected chi connectivity index (χ0v) is 12.7. The van der Waals surface area contributed by atoms with Crippen LogP contribution in [-0.2, 0) is 10.0 Å². The van der Waals surface area contributed by atoms with Gasteiger partial charge in [-0.15, -0.1) is 10.2 Å². The predicted molar refractivity (Wildman–Crippen MR) is 76.3 cm³/mol. The first-order valence-corrected chi connectivity index (χ1v) is 8.18. The molecule has 8 heteroatoms. The summed E-state index contributed by atoms with van der Waals surface area (Å²) in [6, 6.07) is 5.93. The Morgan fingerprint density at radius 3 is 2.37 bits per heavy atom. The van der Waals surface area contributed by atoms with E-state index in [0.29, 0.717) is 5.02 Å². The number of sulfonamides is 1. The Morgan fingerprint density at radius 2 is 1.84 bits per heavy atom. The van der Waals surface area contributed by atoms with Crippen LogP contribution in [0.2, 0.25) is 5.02 Å². The largest absolute Gasteiger partial charge is 0.263 e. The normalized spacial score (nSPS) is 11.8. The molecule has 1 aromatic heterocycles. The highest BCUT2D eigenvalue weighted by molar-refractivity contribution is 7.93. The lowest BCUT2D eigenvalue weighted by atomic mass is 10.2. The average Bonchev–Trinajstić information content (AvgIpc) is 2.77. The summed E-state index contributed by atoms with van der Waals surface area (Å²) in [5.41, 5.74) is 0. The molecule has 0 aliphatic rings. The van der Waals surface area contributed by atoms with E-state index in [-0.39, 0.29) is 15.9 Å². The minimum Gasteiger partial charge on any atom is -0.253 e. The van der Waals surface area contributed by atoms with Crippen molar-refractivity contribution in [2.24, 2.45) is 0 Å². The molecule has 0 saturated carbocycles. The fraction of sp³-hybridized carbons (Fsp3) is 0.273. The molecule has 0 saturated heterocycles. The minimum atomic E-state index is -3.64. The Kier molecular flexibility index (Phi) is 4.07. The second-order valence-corrected chi connectivity index (χ2v) is 7.29. The molecule has 0 fully saturated rings. The van der Waals surface area contributed by atoms with Crippen LogP contribution in [0.25, 0.3) is 0 Å². The fourth-order valence-electron chi connectivity index (χ4n) is 1.30. The molecule has 0 spiro atoms. The van der Waals surface area contributed by atoms with E-state index in [0.717, 1.165) is 5.01 Å². The van der Waals surface area contributed by atoms with E-state index in [4.69, 9.17) is 11.6 Å². The molecule has 19 heavy (non-hydrogen) atoms. The van der Waals surface area contributed by atoms with Crippen molar-refractivity contribution in [1.82, 2.24) is 10.2 Å². The molecule has 0 aliphatic heterocycles. The third-order valence-electron chi connectivity index (χ3n) is 2.28. The summed E-state index contributed by atoms with van der Waals surface area (Å²) >= 11 is 6.95. The van der Waals surface area contributed by atoms with Crippen molar-refractivity contribution in [2.45, 2.75) is 24.7 Å². The number of hydrogen-bond acceptors (Lipinski definition) is 5. The first-order chi connectivity index (χ1) is 8.88. The van der Waals surface area contributed by atoms with Crippen LogP contribution in [0.4, 0.5) is 5.13 Å². The summed E-state index contributed by atoms with van der Waals surface area (Å²) in [6.07, 6.45) is 0. The maximum atomic E-state index is 12.1. The highest BCUT2D eigenvalue weighted by atomic mass is 35.5. The Labute approximate surface area is 120 Å². The van der Waals surface area contributed by atoms with Gasteiger partial charge in [-0.1, -0.05) is 36.8 Å². The molecule has 102 valence electrons. The van der Waals surface area contributed by atoms with Crippen LogP contribution in [0.15, 0.2) is 29.2 Å². The van der Waals surface area contributed by atoms with Crippen molar-refractivity contribution in [3.05, 3.63) is 34.3 Å². The summed E-state index contributed by atoms with van der Waals surface area (Å²) in [6.45, 7) is 3.94. The highest BCUT2D eigenvalue weighted by Crippen LogP contribution is 2.25. The standard InChI is InChI=1S/C11H12ClN3O2S2/c1-7(2)10-13-14-11(18-10)15-19(16,17)9-5-3-8(12)4-6-9/h3-7H,1-2H3,(H,14,15). The van der Waals surface area contributed by atoms with Crippen LogP contribution in [0, 0.1) is 0 Å². The van der Waals surface area contributed by atoms with Crippen molar-refractivity contribution >= 4 is 38.1 Å². The molecule has 2 aromatic rings. The van der Waals surface area contributed by atoms with Gasteiger partial charge in [-0.3, -0.25) is 4.72 Å². The fourth-order valence-corrected chi connectivity index (χ4v) is 3.40. The van der Waals surface area contributed by atoms with E-state index >= 15 is 0 Å². The first-order valence-electron chi connectivity index (χ1n) is 5.50. The average molecular weight is 318 g/mol. The van der Waals surface area contributed by atoms with Crippen molar-refractivity contribution in [3.8, 4) is 0 Å². The zero-order chi connectivity index (χ0) is 14.0. The monoisotopic (exact) mass is 317 g/mol. The van der Waals surface area contributed by atoms with Gasteiger partial charge in [0.2, 0.25) is 5.13 Å². The van der Waals surface area contributed by atoms with Crippen LogP contribution < -0.4 is 4.72 Å². The van der Waals surface area contributed by atoms with E-state index in [2.05, 4.69) is 14.9 Å². The van der Waals surface area contributed by atoms with E-state index in [1.807, 2.05) is 13.8 Å². The Morgan fingerprint density at radius 1 is 1.21 bits per heavy atom. The third-order valence-corrected chi connectivity index (χ3v) is 5.16. The maximum Gasteiger partial charge on any atom is 0.263 e. The summed E-state index contributed by atoms with van der Waals surface area (Å²) in [4.78, 5) is 0.137. The van der Waals surface area contributed by atoms with Gasteiger partial charge in [-0.25, -0.2) is 8.42 Å². The molecular formula is C11H12ClN3O2S2. The molecule has 0 amide bonds. The van der Waals surface area contributed by atoms with Crippen molar-refractivity contribution in [2.75, 3.05) is 4.72 Å². The van der Waals surface area contributed by atoms with Crippen LogP contribution in [0.3, 0.4) is 0 Å². The van der Waals surface area contributed by atoms with E-state index in [1.165, 1.54) is 35.6 Å². The Bertz CT molecular complexity index is 666. The molecule has 2 rings (SSSR count). The minimum absolute atomic E-state index is 0.137. The molecule has 0 aliphatic carbocycles. The van der Waals surface area contributed by atoms with Gasteiger partial charge in [0.15, 0.2) is 0 Å². The van der Waals surface area contributed by atoms with Gasteiger partial charge in [-0.2, -0.15) is 0 Å². The molecule has 1 heterocycles. The summed E-state index contributed by atoms with van der Waals surface area (Å²) in [5, 5.41) is 9.28. The Balaban J connectivity index is 2.23. The number of nitrogens with one attached hydrogen (secondary N) is 1. The van der Waals surface area contributed by atoms with E-state index in [9.17, 15) is 8.42 Å². The predicted octanol–water partition coefficient (Wildman–Crippen LogP) is 3.12. The molecule has 0 radical (unpaired) electrons. The van der Waals surface area contributed by atoms with Crippen molar-refractivity contribution < 1.29 is 8.42 Å². The second-order valence-electron chi connectivity index (χ2n) is 4.16. The smallest absolute Gasteiger partial charge is 0.253 e. The first kappa shape index (κ1) is 14.2. The number of halogens is 1. The highest BCUT2D eigenvalue weighted by Gasteiger charge is 2.17. The number of aromatic nitrogens is 2. The van der Waals surface area contributed by atoms with E-state index in [1.54, 1.807) is 0 Å². The van der Waals surface area contributed by atoms with Gasteiger partial charge in [-0.05, 0) is 24.3 Å². The van der Waals surface area contributed by atoms with Gasteiger partial charge in [0.05, 0.1) is 4.90 Å². The maximum absolute atomic E-state index is 12.1. The van der Waals surface area contributed by atoms with Crippen molar-refractivity contribution in [3.63, 3.8) is 0 Å². The topological polar surface area (TPSA) is 72.0 Å². The van der Waals surface area contributed by atoms with Gasteiger partial charge < -0.3 is 0 Å². The number of rotatable bonds is 4. The molecular weight excluding hydrogens is 306 g/mol. The van der Waals surface area contributed by atoms with E-state index < -0.39 is 10.0 Å². The van der Waals surface area contributed by atoms with Crippen molar-refractivity contribution in [1.29, 1.82) is 0 Å². The lowest BCUT2D eigenvalue weighted by Gasteiger charge is -2.04. The van der Waals surface area contributed by atoms with Gasteiger partial charge in [0, 0.05) is 10.9 Å². The van der Waals surface area contributed by atoms with Crippen LogP contribution >= 0.6 is 22.9 Å².